The first-order valence-corrected chi connectivity index (χ1v) is 11.2. The third-order valence-electron chi connectivity index (χ3n) is 4.01. The van der Waals surface area contributed by atoms with E-state index in [1.807, 2.05) is 6.07 Å². The maximum Gasteiger partial charge on any atom is 0.343 e. The number of aromatic nitrogens is 1. The lowest BCUT2D eigenvalue weighted by Gasteiger charge is -2.12. The highest BCUT2D eigenvalue weighted by Crippen LogP contribution is 2.36. The normalized spacial score (nSPS) is 10.7. The standard InChI is InChI=1S/C22H20BrN3O5S/c1-3-30-19(27)11-16-13-32-22(25-16)26-24-12-14-9-17(23)20(18(10-14)29-2)31-21(28)15-7-5-4-6-8-15/h4-10,12-13H,3,11H2,1-2H3,(H,25,26). The molecule has 1 N–H and O–H groups in total. The second kappa shape index (κ2) is 11.4. The number of hydrazone groups is 1. The quantitative estimate of drug-likeness (QED) is 0.190. The number of ether oxygens (including phenoxy) is 3. The van der Waals surface area contributed by atoms with Crippen LogP contribution < -0.4 is 14.9 Å². The lowest BCUT2D eigenvalue weighted by Crippen LogP contribution is -2.09. The van der Waals surface area contributed by atoms with E-state index in [1.54, 1.807) is 54.9 Å². The predicted octanol–water partition coefficient (Wildman–Crippen LogP) is 4.69. The van der Waals surface area contributed by atoms with Gasteiger partial charge in [0.2, 0.25) is 5.13 Å². The predicted molar refractivity (Wildman–Crippen MR) is 126 cm³/mol. The maximum absolute atomic E-state index is 12.4. The summed E-state index contributed by atoms with van der Waals surface area (Å²) < 4.78 is 16.4. The molecule has 0 saturated carbocycles. The number of nitrogens with zero attached hydrogens (tertiary/aromatic N) is 2. The highest BCUT2D eigenvalue weighted by Gasteiger charge is 2.16. The topological polar surface area (TPSA) is 99.1 Å². The molecular formula is C22H20BrN3O5S. The summed E-state index contributed by atoms with van der Waals surface area (Å²) >= 11 is 4.75. The van der Waals surface area contributed by atoms with Crippen LogP contribution in [0.4, 0.5) is 5.13 Å². The third-order valence-corrected chi connectivity index (χ3v) is 5.40. The Morgan fingerprint density at radius 1 is 1.25 bits per heavy atom. The van der Waals surface area contributed by atoms with Crippen LogP contribution in [-0.4, -0.2) is 36.9 Å². The number of hydrogen-bond acceptors (Lipinski definition) is 9. The summed E-state index contributed by atoms with van der Waals surface area (Å²) in [5.41, 5.74) is 4.57. The van der Waals surface area contributed by atoms with E-state index in [4.69, 9.17) is 14.2 Å². The minimum atomic E-state index is -0.491. The van der Waals surface area contributed by atoms with Crippen LogP contribution in [0.25, 0.3) is 0 Å². The Balaban J connectivity index is 1.67. The molecule has 8 nitrogen and oxygen atoms in total. The van der Waals surface area contributed by atoms with Crippen molar-refractivity contribution in [2.75, 3.05) is 19.1 Å². The van der Waals surface area contributed by atoms with Crippen molar-refractivity contribution in [1.29, 1.82) is 0 Å². The Hall–Kier alpha value is -3.24. The highest BCUT2D eigenvalue weighted by molar-refractivity contribution is 9.10. The van der Waals surface area contributed by atoms with Crippen molar-refractivity contribution in [1.82, 2.24) is 4.98 Å². The van der Waals surface area contributed by atoms with Crippen LogP contribution in [0.5, 0.6) is 11.5 Å². The highest BCUT2D eigenvalue weighted by atomic mass is 79.9. The minimum absolute atomic E-state index is 0.114. The Labute approximate surface area is 197 Å². The number of esters is 2. The van der Waals surface area contributed by atoms with Gasteiger partial charge < -0.3 is 14.2 Å². The van der Waals surface area contributed by atoms with E-state index < -0.39 is 5.97 Å². The average molecular weight is 518 g/mol. The number of benzene rings is 2. The molecule has 0 saturated heterocycles. The molecule has 1 aromatic heterocycles. The van der Waals surface area contributed by atoms with Crippen LogP contribution in [0.15, 0.2) is 57.4 Å². The first-order chi connectivity index (χ1) is 15.5. The van der Waals surface area contributed by atoms with Crippen LogP contribution in [0.3, 0.4) is 0 Å². The fourth-order valence-electron chi connectivity index (χ4n) is 2.60. The fourth-order valence-corrected chi connectivity index (χ4v) is 3.80. The van der Waals surface area contributed by atoms with Crippen molar-refractivity contribution in [2.45, 2.75) is 13.3 Å². The Bertz CT molecular complexity index is 1120. The minimum Gasteiger partial charge on any atom is -0.493 e. The molecule has 166 valence electrons. The number of anilines is 1. The van der Waals surface area contributed by atoms with E-state index in [0.29, 0.717) is 38.8 Å². The second-order valence-electron chi connectivity index (χ2n) is 6.29. The number of carbonyl (C=O) groups is 2. The van der Waals surface area contributed by atoms with Gasteiger partial charge in [-0.15, -0.1) is 11.3 Å². The van der Waals surface area contributed by atoms with Crippen LogP contribution >= 0.6 is 27.3 Å². The molecule has 10 heteroatoms. The zero-order chi connectivity index (χ0) is 22.9. The number of halogens is 1. The van der Waals surface area contributed by atoms with Crippen molar-refractivity contribution in [3.63, 3.8) is 0 Å². The number of nitrogens with one attached hydrogen (secondary N) is 1. The summed E-state index contributed by atoms with van der Waals surface area (Å²) in [5, 5.41) is 6.48. The number of thiazole rings is 1. The van der Waals surface area contributed by atoms with E-state index in [9.17, 15) is 9.59 Å². The first-order valence-electron chi connectivity index (χ1n) is 9.54. The monoisotopic (exact) mass is 517 g/mol. The summed E-state index contributed by atoms with van der Waals surface area (Å²) in [4.78, 5) is 28.2. The van der Waals surface area contributed by atoms with E-state index in [1.165, 1.54) is 18.4 Å². The first kappa shape index (κ1) is 23.4. The number of carbonyl (C=O) groups excluding carboxylic acids is 2. The van der Waals surface area contributed by atoms with E-state index in [2.05, 4.69) is 31.4 Å². The van der Waals surface area contributed by atoms with Crippen molar-refractivity contribution in [3.8, 4) is 11.5 Å². The molecule has 1 heterocycles. The van der Waals surface area contributed by atoms with Crippen molar-refractivity contribution < 1.29 is 23.8 Å². The summed E-state index contributed by atoms with van der Waals surface area (Å²) in [6, 6.07) is 12.1. The summed E-state index contributed by atoms with van der Waals surface area (Å²) in [7, 11) is 1.49. The van der Waals surface area contributed by atoms with Gasteiger partial charge in [-0.2, -0.15) is 5.10 Å². The second-order valence-corrected chi connectivity index (χ2v) is 8.00. The van der Waals surface area contributed by atoms with Gasteiger partial charge in [0.15, 0.2) is 11.5 Å². The van der Waals surface area contributed by atoms with Gasteiger partial charge >= 0.3 is 11.9 Å². The molecule has 0 aliphatic rings. The maximum atomic E-state index is 12.4. The van der Waals surface area contributed by atoms with E-state index in [-0.39, 0.29) is 18.1 Å². The zero-order valence-electron chi connectivity index (χ0n) is 17.3. The molecule has 0 atom stereocenters. The fraction of sp³-hybridized carbons (Fsp3) is 0.182. The van der Waals surface area contributed by atoms with Gasteiger partial charge in [-0.05, 0) is 52.7 Å². The molecule has 0 unspecified atom stereocenters. The molecule has 0 radical (unpaired) electrons. The van der Waals surface area contributed by atoms with Gasteiger partial charge in [0.25, 0.3) is 0 Å². The van der Waals surface area contributed by atoms with Crippen LogP contribution in [0.1, 0.15) is 28.5 Å². The van der Waals surface area contributed by atoms with E-state index >= 15 is 0 Å². The molecule has 0 aliphatic heterocycles. The van der Waals surface area contributed by atoms with Crippen LogP contribution in [0.2, 0.25) is 0 Å². The molecule has 0 bridgehead atoms. The SMILES string of the molecule is CCOC(=O)Cc1csc(NN=Cc2cc(Br)c(OC(=O)c3ccccc3)c(OC)c2)n1. The Morgan fingerprint density at radius 3 is 2.75 bits per heavy atom. The largest absolute Gasteiger partial charge is 0.493 e. The van der Waals surface area contributed by atoms with Gasteiger partial charge in [-0.1, -0.05) is 18.2 Å². The Kier molecular flexibility index (Phi) is 8.34. The van der Waals surface area contributed by atoms with Gasteiger partial charge in [0.1, 0.15) is 0 Å². The van der Waals surface area contributed by atoms with Crippen molar-refractivity contribution >= 4 is 50.6 Å². The average Bonchev–Trinajstić information content (AvgIpc) is 3.22. The number of rotatable bonds is 9. The molecule has 0 amide bonds. The van der Waals surface area contributed by atoms with Gasteiger partial charge in [0.05, 0.1) is 42.1 Å². The molecule has 32 heavy (non-hydrogen) atoms. The molecule has 0 fully saturated rings. The van der Waals surface area contributed by atoms with Crippen molar-refractivity contribution in [2.24, 2.45) is 5.10 Å². The molecule has 3 rings (SSSR count). The van der Waals surface area contributed by atoms with Crippen LogP contribution in [-0.2, 0) is 16.0 Å². The molecule has 0 aliphatic carbocycles. The van der Waals surface area contributed by atoms with Gasteiger partial charge in [0, 0.05) is 5.38 Å². The summed E-state index contributed by atoms with van der Waals surface area (Å²) in [6.45, 7) is 2.09. The molecule has 0 spiro atoms. The smallest absolute Gasteiger partial charge is 0.343 e. The lowest BCUT2D eigenvalue weighted by molar-refractivity contribution is -0.142. The van der Waals surface area contributed by atoms with E-state index in [0.717, 1.165) is 0 Å². The zero-order valence-corrected chi connectivity index (χ0v) is 19.7. The van der Waals surface area contributed by atoms with Gasteiger partial charge in [-0.3, -0.25) is 10.2 Å². The van der Waals surface area contributed by atoms with Crippen LogP contribution in [0, 0.1) is 0 Å². The molecule has 3 aromatic rings. The molecular weight excluding hydrogens is 498 g/mol. The lowest BCUT2D eigenvalue weighted by atomic mass is 10.2. The summed E-state index contributed by atoms with van der Waals surface area (Å²) in [5.74, 6) is -0.168. The van der Waals surface area contributed by atoms with Crippen molar-refractivity contribution in [3.05, 3.63) is 69.1 Å². The Morgan fingerprint density at radius 2 is 2.03 bits per heavy atom. The molecule has 2 aromatic carbocycles. The summed E-state index contributed by atoms with van der Waals surface area (Å²) in [6.07, 6.45) is 1.69. The van der Waals surface area contributed by atoms with Gasteiger partial charge in [-0.25, -0.2) is 9.78 Å². The third kappa shape index (κ3) is 6.38. The number of hydrogen-bond donors (Lipinski definition) is 1. The number of methoxy groups -OCH3 is 1.